The van der Waals surface area contributed by atoms with Crippen LogP contribution in [0.3, 0.4) is 0 Å². The van der Waals surface area contributed by atoms with Crippen LogP contribution in [0.2, 0.25) is 0 Å². The molecule has 0 aromatic heterocycles. The van der Waals surface area contributed by atoms with Gasteiger partial charge in [-0.15, -0.1) is 0 Å². The maximum Gasteiger partial charge on any atom is 0.488 e. The highest BCUT2D eigenvalue weighted by atomic mass is 16.5. The third-order valence-electron chi connectivity index (χ3n) is 3.93. The first kappa shape index (κ1) is 16.3. The van der Waals surface area contributed by atoms with Crippen LogP contribution in [0.15, 0.2) is 18.2 Å². The van der Waals surface area contributed by atoms with E-state index in [-0.39, 0.29) is 0 Å². The molecule has 6 heteroatoms. The van der Waals surface area contributed by atoms with E-state index in [4.69, 9.17) is 9.47 Å². The van der Waals surface area contributed by atoms with Crippen molar-refractivity contribution in [2.24, 2.45) is 0 Å². The largest absolute Gasteiger partial charge is 0.496 e. The normalized spacial score (nSPS) is 18.2. The van der Waals surface area contributed by atoms with E-state index in [1.54, 1.807) is 25.3 Å². The Hall–Kier alpha value is -1.08. The predicted molar refractivity (Wildman–Crippen MR) is 82.7 cm³/mol. The molecule has 2 rings (SSSR count). The third kappa shape index (κ3) is 4.44. The van der Waals surface area contributed by atoms with Gasteiger partial charge in [-0.3, -0.25) is 4.90 Å². The fraction of sp³-hybridized carbons (Fsp3) is 0.600. The summed E-state index contributed by atoms with van der Waals surface area (Å²) in [7, 11) is 0.174. The lowest BCUT2D eigenvalue weighted by Gasteiger charge is -2.24. The van der Waals surface area contributed by atoms with E-state index in [0.29, 0.717) is 18.1 Å². The first-order valence-electron chi connectivity index (χ1n) is 7.51. The zero-order valence-corrected chi connectivity index (χ0v) is 12.8. The predicted octanol–water partition coefficient (Wildman–Crippen LogP) is 0.376. The van der Waals surface area contributed by atoms with Crippen LogP contribution in [0, 0.1) is 0 Å². The standard InChI is InChI=1S/C15H24BNO4/c1-3-17(11-14-5-4-8-21-14)10-12-9-13(16(18)19)6-7-15(12)20-2/h6-7,9,14,18-19H,3-5,8,10-11H2,1-2H3. The quantitative estimate of drug-likeness (QED) is 0.712. The fourth-order valence-electron chi connectivity index (χ4n) is 2.71. The van der Waals surface area contributed by atoms with E-state index in [1.807, 2.05) is 0 Å². The second-order valence-electron chi connectivity index (χ2n) is 5.41. The van der Waals surface area contributed by atoms with Crippen molar-refractivity contribution in [3.8, 4) is 5.75 Å². The van der Waals surface area contributed by atoms with Crippen LogP contribution >= 0.6 is 0 Å². The Bertz CT molecular complexity index is 449. The molecule has 0 aliphatic carbocycles. The van der Waals surface area contributed by atoms with E-state index in [0.717, 1.165) is 43.9 Å². The molecule has 1 fully saturated rings. The zero-order valence-electron chi connectivity index (χ0n) is 12.8. The average Bonchev–Trinajstić information content (AvgIpc) is 2.99. The molecular weight excluding hydrogens is 269 g/mol. The lowest BCUT2D eigenvalue weighted by molar-refractivity contribution is 0.0722. The second-order valence-corrected chi connectivity index (χ2v) is 5.41. The van der Waals surface area contributed by atoms with Gasteiger partial charge in [0.25, 0.3) is 0 Å². The number of ether oxygens (including phenoxy) is 2. The first-order valence-corrected chi connectivity index (χ1v) is 7.51. The average molecular weight is 293 g/mol. The molecule has 0 amide bonds. The molecule has 116 valence electrons. The van der Waals surface area contributed by atoms with Crippen molar-refractivity contribution >= 4 is 12.6 Å². The van der Waals surface area contributed by atoms with Gasteiger partial charge < -0.3 is 19.5 Å². The van der Waals surface area contributed by atoms with Crippen molar-refractivity contribution in [3.05, 3.63) is 23.8 Å². The molecule has 1 unspecified atom stereocenters. The minimum atomic E-state index is -1.46. The van der Waals surface area contributed by atoms with Gasteiger partial charge in [0.15, 0.2) is 0 Å². The number of hydrogen-bond acceptors (Lipinski definition) is 5. The maximum absolute atomic E-state index is 9.31. The molecule has 1 aromatic rings. The molecule has 1 aromatic carbocycles. The molecular formula is C15H24BNO4. The molecule has 1 atom stereocenters. The van der Waals surface area contributed by atoms with Crippen LogP contribution in [0.1, 0.15) is 25.3 Å². The molecule has 1 aliphatic heterocycles. The summed E-state index contributed by atoms with van der Waals surface area (Å²) in [6.07, 6.45) is 2.56. The van der Waals surface area contributed by atoms with Crippen LogP contribution in [-0.4, -0.2) is 55.0 Å². The maximum atomic E-state index is 9.31. The summed E-state index contributed by atoms with van der Waals surface area (Å²) in [5, 5.41) is 18.6. The number of nitrogens with zero attached hydrogens (tertiary/aromatic N) is 1. The lowest BCUT2D eigenvalue weighted by atomic mass is 9.79. The highest BCUT2D eigenvalue weighted by Gasteiger charge is 2.20. The van der Waals surface area contributed by atoms with Crippen LogP contribution in [0.4, 0.5) is 0 Å². The van der Waals surface area contributed by atoms with Crippen molar-refractivity contribution in [1.82, 2.24) is 4.90 Å². The highest BCUT2D eigenvalue weighted by molar-refractivity contribution is 6.58. The first-order chi connectivity index (χ1) is 10.1. The molecule has 0 spiro atoms. The molecule has 1 heterocycles. The number of benzene rings is 1. The van der Waals surface area contributed by atoms with Gasteiger partial charge in [-0.2, -0.15) is 0 Å². The van der Waals surface area contributed by atoms with Crippen molar-refractivity contribution in [2.45, 2.75) is 32.4 Å². The van der Waals surface area contributed by atoms with Crippen molar-refractivity contribution in [1.29, 1.82) is 0 Å². The number of rotatable bonds is 7. The molecule has 0 bridgehead atoms. The summed E-state index contributed by atoms with van der Waals surface area (Å²) in [4.78, 5) is 2.29. The molecule has 2 N–H and O–H groups in total. The summed E-state index contributed by atoms with van der Waals surface area (Å²) in [5.41, 5.74) is 1.45. The van der Waals surface area contributed by atoms with E-state index >= 15 is 0 Å². The molecule has 1 saturated heterocycles. The van der Waals surface area contributed by atoms with Gasteiger partial charge in [0, 0.05) is 25.3 Å². The Kier molecular flexibility index (Phi) is 6.05. The van der Waals surface area contributed by atoms with Gasteiger partial charge in [-0.1, -0.05) is 19.1 Å². The Morgan fingerprint density at radius 1 is 1.43 bits per heavy atom. The van der Waals surface area contributed by atoms with E-state index in [9.17, 15) is 10.0 Å². The van der Waals surface area contributed by atoms with E-state index in [1.165, 1.54) is 0 Å². The van der Waals surface area contributed by atoms with Crippen molar-refractivity contribution in [3.63, 3.8) is 0 Å². The van der Waals surface area contributed by atoms with E-state index < -0.39 is 7.12 Å². The fourth-order valence-corrected chi connectivity index (χ4v) is 2.71. The Balaban J connectivity index is 2.08. The van der Waals surface area contributed by atoms with Gasteiger partial charge in [0.2, 0.25) is 0 Å². The smallest absolute Gasteiger partial charge is 0.488 e. The summed E-state index contributed by atoms with van der Waals surface area (Å²) in [5.74, 6) is 0.769. The number of methoxy groups -OCH3 is 1. The molecule has 0 saturated carbocycles. The summed E-state index contributed by atoms with van der Waals surface area (Å²) in [6.45, 7) is 5.49. The van der Waals surface area contributed by atoms with Gasteiger partial charge in [-0.05, 0) is 30.9 Å². The van der Waals surface area contributed by atoms with Crippen LogP contribution in [-0.2, 0) is 11.3 Å². The summed E-state index contributed by atoms with van der Waals surface area (Å²) in [6, 6.07) is 5.25. The number of hydrogen-bond donors (Lipinski definition) is 2. The SMILES string of the molecule is CCN(Cc1cc(B(O)O)ccc1OC)CC1CCCO1. The molecule has 21 heavy (non-hydrogen) atoms. The third-order valence-corrected chi connectivity index (χ3v) is 3.93. The Labute approximate surface area is 126 Å². The van der Waals surface area contributed by atoms with Crippen LogP contribution in [0.25, 0.3) is 0 Å². The topological polar surface area (TPSA) is 62.2 Å². The van der Waals surface area contributed by atoms with Crippen LogP contribution in [0.5, 0.6) is 5.75 Å². The molecule has 1 aliphatic rings. The summed E-state index contributed by atoms with van der Waals surface area (Å²) < 4.78 is 11.1. The van der Waals surface area contributed by atoms with Gasteiger partial charge in [0.1, 0.15) is 5.75 Å². The summed E-state index contributed by atoms with van der Waals surface area (Å²) >= 11 is 0. The minimum Gasteiger partial charge on any atom is -0.496 e. The van der Waals surface area contributed by atoms with Crippen LogP contribution < -0.4 is 10.2 Å². The Morgan fingerprint density at radius 2 is 2.24 bits per heavy atom. The zero-order chi connectivity index (χ0) is 15.2. The molecule has 0 radical (unpaired) electrons. The van der Waals surface area contributed by atoms with Gasteiger partial charge in [-0.25, -0.2) is 0 Å². The monoisotopic (exact) mass is 293 g/mol. The Morgan fingerprint density at radius 3 is 2.81 bits per heavy atom. The lowest BCUT2D eigenvalue weighted by Crippen LogP contribution is -2.33. The number of likely N-dealkylation sites (N-methyl/N-ethyl adjacent to an activating group) is 1. The van der Waals surface area contributed by atoms with Gasteiger partial charge in [0.05, 0.1) is 13.2 Å². The highest BCUT2D eigenvalue weighted by Crippen LogP contribution is 2.20. The van der Waals surface area contributed by atoms with E-state index in [2.05, 4.69) is 11.8 Å². The second kappa shape index (κ2) is 7.80. The van der Waals surface area contributed by atoms with Crippen molar-refractivity contribution in [2.75, 3.05) is 26.8 Å². The van der Waals surface area contributed by atoms with Crippen molar-refractivity contribution < 1.29 is 19.5 Å². The minimum absolute atomic E-state index is 0.308. The van der Waals surface area contributed by atoms with Gasteiger partial charge >= 0.3 is 7.12 Å². The molecule has 5 nitrogen and oxygen atoms in total.